The van der Waals surface area contributed by atoms with Gasteiger partial charge in [0, 0.05) is 24.9 Å². The molecule has 7 heteroatoms. The van der Waals surface area contributed by atoms with Crippen molar-refractivity contribution in [3.63, 3.8) is 0 Å². The summed E-state index contributed by atoms with van der Waals surface area (Å²) in [5, 5.41) is 0. The van der Waals surface area contributed by atoms with E-state index in [9.17, 15) is 4.79 Å². The number of carbonyl (C=O) groups is 1. The molecule has 0 aliphatic carbocycles. The van der Waals surface area contributed by atoms with Gasteiger partial charge in [-0.15, -0.1) is 11.6 Å². The van der Waals surface area contributed by atoms with Crippen molar-refractivity contribution in [2.75, 3.05) is 31.5 Å². The second-order valence-electron chi connectivity index (χ2n) is 3.98. The number of amides is 1. The zero-order valence-electron chi connectivity index (χ0n) is 10.2. The monoisotopic (exact) mass is 271 g/mol. The van der Waals surface area contributed by atoms with Crippen molar-refractivity contribution in [3.8, 4) is 11.9 Å². The molecule has 1 aliphatic heterocycles. The van der Waals surface area contributed by atoms with Gasteiger partial charge in [-0.05, 0) is 5.92 Å². The average molecular weight is 272 g/mol. The minimum atomic E-state index is 0.00320. The fraction of sp³-hybridized carbons (Fsp3) is 0.545. The van der Waals surface area contributed by atoms with Crippen LogP contribution >= 0.6 is 11.6 Å². The van der Waals surface area contributed by atoms with E-state index in [4.69, 9.17) is 21.1 Å². The Morgan fingerprint density at radius 2 is 2.22 bits per heavy atom. The molecule has 0 aromatic carbocycles. The van der Waals surface area contributed by atoms with Crippen LogP contribution in [-0.2, 0) is 4.79 Å². The summed E-state index contributed by atoms with van der Waals surface area (Å²) >= 11 is 5.78. The van der Waals surface area contributed by atoms with Crippen LogP contribution in [0.3, 0.4) is 0 Å². The van der Waals surface area contributed by atoms with E-state index in [2.05, 4.69) is 9.97 Å². The summed E-state index contributed by atoms with van der Waals surface area (Å²) in [5.41, 5.74) is 0. The van der Waals surface area contributed by atoms with Crippen molar-refractivity contribution in [2.24, 2.45) is 5.92 Å². The van der Waals surface area contributed by atoms with Gasteiger partial charge >= 0.3 is 6.01 Å². The van der Waals surface area contributed by atoms with Crippen molar-refractivity contribution in [2.45, 2.75) is 6.42 Å². The van der Waals surface area contributed by atoms with Gasteiger partial charge in [0.05, 0.1) is 14.2 Å². The first kappa shape index (κ1) is 12.9. The van der Waals surface area contributed by atoms with Crippen LogP contribution in [0, 0.1) is 5.92 Å². The van der Waals surface area contributed by atoms with E-state index in [0.29, 0.717) is 30.5 Å². The number of anilines is 1. The fourth-order valence-electron chi connectivity index (χ4n) is 1.83. The molecule has 0 bridgehead atoms. The predicted molar refractivity (Wildman–Crippen MR) is 66.3 cm³/mol. The zero-order chi connectivity index (χ0) is 13.1. The van der Waals surface area contributed by atoms with Gasteiger partial charge in [0.2, 0.25) is 11.8 Å². The second kappa shape index (κ2) is 5.39. The van der Waals surface area contributed by atoms with Crippen LogP contribution in [0.5, 0.6) is 11.9 Å². The summed E-state index contributed by atoms with van der Waals surface area (Å²) in [7, 11) is 2.96. The van der Waals surface area contributed by atoms with Crippen LogP contribution in [0.15, 0.2) is 6.07 Å². The molecule has 0 spiro atoms. The van der Waals surface area contributed by atoms with Gasteiger partial charge in [-0.25, -0.2) is 0 Å². The normalized spacial score (nSPS) is 19.2. The number of methoxy groups -OCH3 is 2. The van der Waals surface area contributed by atoms with E-state index in [1.54, 1.807) is 11.0 Å². The summed E-state index contributed by atoms with van der Waals surface area (Å²) in [5.74, 6) is 1.46. The number of halogens is 1. The molecule has 2 heterocycles. The Morgan fingerprint density at radius 3 is 2.78 bits per heavy atom. The largest absolute Gasteiger partial charge is 0.481 e. The standard InChI is InChI=1S/C11H14ClN3O3/c1-17-9-4-8(13-11(14-9)18-2)15-6-7(5-12)3-10(15)16/h4,7H,3,5-6H2,1-2H3. The molecule has 18 heavy (non-hydrogen) atoms. The van der Waals surface area contributed by atoms with Crippen LogP contribution < -0.4 is 14.4 Å². The number of ether oxygens (including phenoxy) is 2. The first-order chi connectivity index (χ1) is 8.67. The molecular weight excluding hydrogens is 258 g/mol. The Labute approximate surface area is 110 Å². The molecule has 0 N–H and O–H groups in total. The van der Waals surface area contributed by atoms with Crippen molar-refractivity contribution >= 4 is 23.3 Å². The average Bonchev–Trinajstić information content (AvgIpc) is 2.79. The molecule has 2 rings (SSSR count). The lowest BCUT2D eigenvalue weighted by Crippen LogP contribution is -2.26. The topological polar surface area (TPSA) is 64.5 Å². The SMILES string of the molecule is COc1cc(N2CC(CCl)CC2=O)nc(OC)n1. The lowest BCUT2D eigenvalue weighted by molar-refractivity contribution is -0.117. The van der Waals surface area contributed by atoms with Crippen molar-refractivity contribution in [3.05, 3.63) is 6.07 Å². The maximum atomic E-state index is 11.9. The van der Waals surface area contributed by atoms with Crippen molar-refractivity contribution < 1.29 is 14.3 Å². The van der Waals surface area contributed by atoms with Gasteiger partial charge in [0.15, 0.2) is 0 Å². The molecule has 6 nitrogen and oxygen atoms in total. The molecule has 1 atom stereocenters. The minimum Gasteiger partial charge on any atom is -0.481 e. The van der Waals surface area contributed by atoms with E-state index in [-0.39, 0.29) is 17.8 Å². The van der Waals surface area contributed by atoms with Crippen LogP contribution in [0.4, 0.5) is 5.82 Å². The number of hydrogen-bond donors (Lipinski definition) is 0. The molecule has 1 saturated heterocycles. The summed E-state index contributed by atoms with van der Waals surface area (Å²) in [6, 6.07) is 1.78. The Balaban J connectivity index is 2.30. The molecule has 1 aliphatic rings. The highest BCUT2D eigenvalue weighted by Crippen LogP contribution is 2.27. The third kappa shape index (κ3) is 2.48. The molecule has 1 aromatic rings. The first-order valence-electron chi connectivity index (χ1n) is 5.51. The number of rotatable bonds is 4. The Bertz CT molecular complexity index is 433. The van der Waals surface area contributed by atoms with Gasteiger partial charge in [-0.1, -0.05) is 0 Å². The molecule has 1 fully saturated rings. The summed E-state index contributed by atoms with van der Waals surface area (Å²) in [4.78, 5) is 21.6. The fourth-order valence-corrected chi connectivity index (χ4v) is 2.04. The van der Waals surface area contributed by atoms with E-state index in [1.165, 1.54) is 14.2 Å². The molecule has 0 radical (unpaired) electrons. The maximum absolute atomic E-state index is 11.9. The van der Waals surface area contributed by atoms with E-state index in [1.807, 2.05) is 0 Å². The van der Waals surface area contributed by atoms with Crippen molar-refractivity contribution in [1.29, 1.82) is 0 Å². The first-order valence-corrected chi connectivity index (χ1v) is 6.04. The number of carbonyl (C=O) groups excluding carboxylic acids is 1. The van der Waals surface area contributed by atoms with Crippen LogP contribution in [-0.4, -0.2) is 42.5 Å². The van der Waals surface area contributed by atoms with Crippen LogP contribution in [0.25, 0.3) is 0 Å². The minimum absolute atomic E-state index is 0.00320. The summed E-state index contributed by atoms with van der Waals surface area (Å²) < 4.78 is 10.0. The number of hydrogen-bond acceptors (Lipinski definition) is 5. The lowest BCUT2D eigenvalue weighted by Gasteiger charge is -2.16. The molecular formula is C11H14ClN3O3. The second-order valence-corrected chi connectivity index (χ2v) is 4.29. The molecule has 1 aromatic heterocycles. The molecule has 1 amide bonds. The van der Waals surface area contributed by atoms with Gasteiger partial charge in [0.1, 0.15) is 5.82 Å². The summed E-state index contributed by atoms with van der Waals surface area (Å²) in [6.45, 7) is 0.561. The number of aromatic nitrogens is 2. The highest BCUT2D eigenvalue weighted by molar-refractivity contribution is 6.18. The Morgan fingerprint density at radius 1 is 1.44 bits per heavy atom. The molecule has 98 valence electrons. The maximum Gasteiger partial charge on any atom is 0.321 e. The van der Waals surface area contributed by atoms with Gasteiger partial charge in [-0.2, -0.15) is 9.97 Å². The van der Waals surface area contributed by atoms with Gasteiger partial charge in [0.25, 0.3) is 0 Å². The molecule has 1 unspecified atom stereocenters. The smallest absolute Gasteiger partial charge is 0.321 e. The van der Waals surface area contributed by atoms with E-state index < -0.39 is 0 Å². The highest BCUT2D eigenvalue weighted by Gasteiger charge is 2.31. The number of alkyl halides is 1. The third-order valence-electron chi connectivity index (χ3n) is 2.76. The quantitative estimate of drug-likeness (QED) is 0.767. The summed E-state index contributed by atoms with van der Waals surface area (Å²) in [6.07, 6.45) is 0.443. The predicted octanol–water partition coefficient (Wildman–Crippen LogP) is 1.09. The van der Waals surface area contributed by atoms with E-state index >= 15 is 0 Å². The van der Waals surface area contributed by atoms with Gasteiger partial charge < -0.3 is 9.47 Å². The Hall–Kier alpha value is -1.56. The Kier molecular flexibility index (Phi) is 3.86. The van der Waals surface area contributed by atoms with E-state index in [0.717, 1.165) is 0 Å². The lowest BCUT2D eigenvalue weighted by atomic mass is 10.1. The van der Waals surface area contributed by atoms with Crippen LogP contribution in [0.2, 0.25) is 0 Å². The zero-order valence-corrected chi connectivity index (χ0v) is 11.0. The number of nitrogens with zero attached hydrogens (tertiary/aromatic N) is 3. The highest BCUT2D eigenvalue weighted by atomic mass is 35.5. The third-order valence-corrected chi connectivity index (χ3v) is 3.20. The molecule has 0 saturated carbocycles. The van der Waals surface area contributed by atoms with Gasteiger partial charge in [-0.3, -0.25) is 9.69 Å². The van der Waals surface area contributed by atoms with Crippen molar-refractivity contribution in [1.82, 2.24) is 9.97 Å². The van der Waals surface area contributed by atoms with Crippen LogP contribution in [0.1, 0.15) is 6.42 Å².